The third kappa shape index (κ3) is 4.84. The van der Waals surface area contributed by atoms with Crippen LogP contribution in [0.25, 0.3) is 0 Å². The molecule has 1 saturated heterocycles. The first-order valence-electron chi connectivity index (χ1n) is 7.89. The summed E-state index contributed by atoms with van der Waals surface area (Å²) in [5.41, 5.74) is 0.809. The van der Waals surface area contributed by atoms with Crippen molar-refractivity contribution in [2.75, 3.05) is 19.6 Å². The van der Waals surface area contributed by atoms with Crippen LogP contribution in [-0.4, -0.2) is 31.4 Å². The van der Waals surface area contributed by atoms with Crippen LogP contribution in [0.5, 0.6) is 0 Å². The highest BCUT2D eigenvalue weighted by atomic mass is 16.2. The Labute approximate surface area is 131 Å². The highest BCUT2D eigenvalue weighted by Crippen LogP contribution is 2.14. The molecule has 0 saturated carbocycles. The summed E-state index contributed by atoms with van der Waals surface area (Å²) in [6, 6.07) is 8.75. The normalized spacial score (nSPS) is 16.0. The van der Waals surface area contributed by atoms with Gasteiger partial charge in [-0.1, -0.05) is 44.2 Å². The molecule has 1 aliphatic heterocycles. The van der Waals surface area contributed by atoms with Crippen molar-refractivity contribution in [2.45, 2.75) is 26.3 Å². The molecule has 3 N–H and O–H groups in total. The molecule has 1 fully saturated rings. The van der Waals surface area contributed by atoms with Crippen LogP contribution in [0.1, 0.15) is 31.9 Å². The lowest BCUT2D eigenvalue weighted by Crippen LogP contribution is -2.50. The van der Waals surface area contributed by atoms with Gasteiger partial charge in [-0.2, -0.15) is 0 Å². The van der Waals surface area contributed by atoms with Gasteiger partial charge in [0, 0.05) is 32.0 Å². The zero-order chi connectivity index (χ0) is 15.9. The van der Waals surface area contributed by atoms with Crippen molar-refractivity contribution in [3.63, 3.8) is 0 Å². The van der Waals surface area contributed by atoms with Gasteiger partial charge in [-0.3, -0.25) is 9.59 Å². The molecule has 0 radical (unpaired) electrons. The van der Waals surface area contributed by atoms with Gasteiger partial charge in [-0.05, 0) is 11.5 Å². The molecule has 5 nitrogen and oxygen atoms in total. The van der Waals surface area contributed by atoms with E-state index in [9.17, 15) is 9.59 Å². The van der Waals surface area contributed by atoms with E-state index in [1.807, 2.05) is 44.2 Å². The second-order valence-electron chi connectivity index (χ2n) is 6.28. The molecule has 0 spiro atoms. The van der Waals surface area contributed by atoms with Crippen LogP contribution >= 0.6 is 0 Å². The van der Waals surface area contributed by atoms with Crippen LogP contribution in [0.15, 0.2) is 30.3 Å². The van der Waals surface area contributed by atoms with Crippen molar-refractivity contribution < 1.29 is 9.59 Å². The van der Waals surface area contributed by atoms with E-state index in [2.05, 4.69) is 16.0 Å². The first kappa shape index (κ1) is 16.5. The molecular weight excluding hydrogens is 278 g/mol. The minimum atomic E-state index is -0.625. The molecule has 1 aromatic rings. The summed E-state index contributed by atoms with van der Waals surface area (Å²) >= 11 is 0. The largest absolute Gasteiger partial charge is 0.354 e. The Morgan fingerprint density at radius 2 is 1.91 bits per heavy atom. The standard InChI is InChI=1S/C17H25N3O2/c1-12(2)8-15(21)20-16(14-6-4-3-5-7-14)17(22)19-11-13-9-18-10-13/h3-7,12-13,16,18H,8-11H2,1-2H3,(H,19,22)(H,20,21). The lowest BCUT2D eigenvalue weighted by Gasteiger charge is -2.28. The maximum Gasteiger partial charge on any atom is 0.247 e. The molecule has 22 heavy (non-hydrogen) atoms. The third-order valence-corrected chi connectivity index (χ3v) is 3.73. The fourth-order valence-corrected chi connectivity index (χ4v) is 2.38. The van der Waals surface area contributed by atoms with E-state index in [1.54, 1.807) is 0 Å². The number of carbonyl (C=O) groups is 2. The summed E-state index contributed by atoms with van der Waals surface area (Å²) < 4.78 is 0. The Morgan fingerprint density at radius 3 is 2.45 bits per heavy atom. The van der Waals surface area contributed by atoms with Crippen molar-refractivity contribution in [3.05, 3.63) is 35.9 Å². The van der Waals surface area contributed by atoms with Crippen LogP contribution in [0.3, 0.4) is 0 Å². The highest BCUT2D eigenvalue weighted by molar-refractivity contribution is 5.88. The molecule has 0 aromatic heterocycles. The zero-order valence-electron chi connectivity index (χ0n) is 13.3. The van der Waals surface area contributed by atoms with Crippen LogP contribution in [0.2, 0.25) is 0 Å². The molecule has 0 bridgehead atoms. The van der Waals surface area contributed by atoms with Crippen molar-refractivity contribution >= 4 is 11.8 Å². The lowest BCUT2D eigenvalue weighted by molar-refractivity contribution is -0.129. The second-order valence-corrected chi connectivity index (χ2v) is 6.28. The first-order valence-corrected chi connectivity index (χ1v) is 7.89. The van der Waals surface area contributed by atoms with Gasteiger partial charge in [0.25, 0.3) is 0 Å². The van der Waals surface area contributed by atoms with Gasteiger partial charge in [0.2, 0.25) is 11.8 Å². The Kier molecular flexibility index (Phi) is 5.95. The van der Waals surface area contributed by atoms with Crippen LogP contribution in [0, 0.1) is 11.8 Å². The Hall–Kier alpha value is -1.88. The summed E-state index contributed by atoms with van der Waals surface area (Å²) in [6.45, 7) is 6.50. The zero-order valence-corrected chi connectivity index (χ0v) is 13.3. The summed E-state index contributed by atoms with van der Waals surface area (Å²) in [5.74, 6) is 0.520. The number of benzene rings is 1. The maximum absolute atomic E-state index is 12.5. The molecule has 120 valence electrons. The molecule has 2 amide bonds. The first-order chi connectivity index (χ1) is 10.6. The molecule has 1 aliphatic rings. The number of rotatable bonds is 7. The third-order valence-electron chi connectivity index (χ3n) is 3.73. The number of hydrogen-bond donors (Lipinski definition) is 3. The van der Waals surface area contributed by atoms with Crippen molar-refractivity contribution in [1.29, 1.82) is 0 Å². The summed E-state index contributed by atoms with van der Waals surface area (Å²) in [5, 5.41) is 8.98. The molecule has 1 atom stereocenters. The van der Waals surface area contributed by atoms with E-state index < -0.39 is 6.04 Å². The van der Waals surface area contributed by atoms with Crippen molar-refractivity contribution in [3.8, 4) is 0 Å². The van der Waals surface area contributed by atoms with Gasteiger partial charge in [0.1, 0.15) is 6.04 Å². The van der Waals surface area contributed by atoms with Crippen molar-refractivity contribution in [2.24, 2.45) is 11.8 Å². The molecule has 1 heterocycles. The number of hydrogen-bond acceptors (Lipinski definition) is 3. The summed E-state index contributed by atoms with van der Waals surface area (Å²) in [4.78, 5) is 24.5. The van der Waals surface area contributed by atoms with Gasteiger partial charge < -0.3 is 16.0 Å². The minimum Gasteiger partial charge on any atom is -0.354 e. The smallest absolute Gasteiger partial charge is 0.247 e. The van der Waals surface area contributed by atoms with Crippen LogP contribution in [-0.2, 0) is 9.59 Å². The number of nitrogens with one attached hydrogen (secondary N) is 3. The van der Waals surface area contributed by atoms with Gasteiger partial charge in [0.05, 0.1) is 0 Å². The SMILES string of the molecule is CC(C)CC(=O)NC(C(=O)NCC1CNC1)c1ccccc1. The summed E-state index contributed by atoms with van der Waals surface area (Å²) in [7, 11) is 0. The Balaban J connectivity index is 2.00. The summed E-state index contributed by atoms with van der Waals surface area (Å²) in [6.07, 6.45) is 0.420. The number of carbonyl (C=O) groups excluding carboxylic acids is 2. The van der Waals surface area contributed by atoms with E-state index in [-0.39, 0.29) is 17.7 Å². The monoisotopic (exact) mass is 303 g/mol. The Bertz CT molecular complexity index is 498. The molecule has 1 unspecified atom stereocenters. The van der Waals surface area contributed by atoms with Gasteiger partial charge >= 0.3 is 0 Å². The van der Waals surface area contributed by atoms with Crippen molar-refractivity contribution in [1.82, 2.24) is 16.0 Å². The minimum absolute atomic E-state index is 0.0932. The number of amides is 2. The van der Waals surface area contributed by atoms with E-state index in [0.717, 1.165) is 18.7 Å². The van der Waals surface area contributed by atoms with E-state index in [0.29, 0.717) is 18.9 Å². The van der Waals surface area contributed by atoms with Crippen LogP contribution in [0.4, 0.5) is 0 Å². The van der Waals surface area contributed by atoms with Gasteiger partial charge in [0.15, 0.2) is 0 Å². The average molecular weight is 303 g/mol. The van der Waals surface area contributed by atoms with E-state index in [1.165, 1.54) is 0 Å². The molecule has 5 heteroatoms. The maximum atomic E-state index is 12.5. The topological polar surface area (TPSA) is 70.2 Å². The second kappa shape index (κ2) is 7.94. The van der Waals surface area contributed by atoms with E-state index in [4.69, 9.17) is 0 Å². The van der Waals surface area contributed by atoms with Gasteiger partial charge in [-0.25, -0.2) is 0 Å². The molecule has 2 rings (SSSR count). The molecule has 1 aromatic carbocycles. The fourth-order valence-electron chi connectivity index (χ4n) is 2.38. The molecular formula is C17H25N3O2. The van der Waals surface area contributed by atoms with E-state index >= 15 is 0 Å². The van der Waals surface area contributed by atoms with Gasteiger partial charge in [-0.15, -0.1) is 0 Å². The predicted molar refractivity (Wildman–Crippen MR) is 86.2 cm³/mol. The average Bonchev–Trinajstić information content (AvgIpc) is 2.43. The molecule has 0 aliphatic carbocycles. The Morgan fingerprint density at radius 1 is 1.23 bits per heavy atom. The fraction of sp³-hybridized carbons (Fsp3) is 0.529. The lowest BCUT2D eigenvalue weighted by atomic mass is 10.0. The van der Waals surface area contributed by atoms with Crippen LogP contribution < -0.4 is 16.0 Å². The quantitative estimate of drug-likeness (QED) is 0.709. The highest BCUT2D eigenvalue weighted by Gasteiger charge is 2.24. The predicted octanol–water partition coefficient (Wildman–Crippen LogP) is 1.23.